The Bertz CT molecular complexity index is 453. The number of amides is 1. The third kappa shape index (κ3) is 3.16. The van der Waals surface area contributed by atoms with Crippen molar-refractivity contribution < 1.29 is 4.79 Å². The molecule has 3 rings (SSSR count). The van der Waals surface area contributed by atoms with E-state index in [4.69, 9.17) is 0 Å². The maximum atomic E-state index is 12.9. The molecular formula is C17H26N2OS. The van der Waals surface area contributed by atoms with Crippen molar-refractivity contribution in [2.75, 3.05) is 0 Å². The summed E-state index contributed by atoms with van der Waals surface area (Å²) in [4.78, 5) is 16.4. The molecule has 2 atom stereocenters. The first-order chi connectivity index (χ1) is 10.3. The predicted molar refractivity (Wildman–Crippen MR) is 87.2 cm³/mol. The summed E-state index contributed by atoms with van der Waals surface area (Å²) in [5.41, 5.74) is 0. The Balaban J connectivity index is 1.79. The van der Waals surface area contributed by atoms with E-state index in [0.29, 0.717) is 11.9 Å². The molecule has 1 saturated heterocycles. The van der Waals surface area contributed by atoms with Gasteiger partial charge in [-0.25, -0.2) is 0 Å². The molecule has 1 amide bonds. The van der Waals surface area contributed by atoms with Crippen LogP contribution in [0.25, 0.3) is 0 Å². The molecule has 0 aromatic carbocycles. The lowest BCUT2D eigenvalue weighted by Gasteiger charge is -2.34. The van der Waals surface area contributed by atoms with Crippen LogP contribution in [-0.4, -0.2) is 22.9 Å². The topological polar surface area (TPSA) is 32.3 Å². The lowest BCUT2D eigenvalue weighted by atomic mass is 9.93. The summed E-state index contributed by atoms with van der Waals surface area (Å²) in [6.45, 7) is 2.19. The molecule has 3 nitrogen and oxygen atoms in total. The highest BCUT2D eigenvalue weighted by Crippen LogP contribution is 2.35. The van der Waals surface area contributed by atoms with Crippen LogP contribution in [0.5, 0.6) is 0 Å². The van der Waals surface area contributed by atoms with Crippen LogP contribution in [0.2, 0.25) is 0 Å². The molecule has 2 heterocycles. The second-order valence-corrected chi connectivity index (χ2v) is 7.30. The van der Waals surface area contributed by atoms with Gasteiger partial charge in [-0.3, -0.25) is 10.1 Å². The van der Waals surface area contributed by atoms with E-state index in [9.17, 15) is 4.79 Å². The Morgan fingerprint density at radius 3 is 2.81 bits per heavy atom. The van der Waals surface area contributed by atoms with E-state index >= 15 is 0 Å². The third-order valence-electron chi connectivity index (χ3n) is 4.82. The fourth-order valence-electron chi connectivity index (χ4n) is 3.68. The standard InChI is InChI=1S/C17H26N2OS/c1-2-3-10-14-17(20)19(13-8-5-4-6-9-13)16(18-14)15-11-7-12-21-15/h7,11-14,16,18H,2-6,8-10H2,1H3. The fraction of sp³-hybridized carbons (Fsp3) is 0.706. The van der Waals surface area contributed by atoms with Gasteiger partial charge >= 0.3 is 0 Å². The Morgan fingerprint density at radius 2 is 2.14 bits per heavy atom. The van der Waals surface area contributed by atoms with Gasteiger partial charge in [-0.1, -0.05) is 45.1 Å². The quantitative estimate of drug-likeness (QED) is 0.889. The molecule has 2 fully saturated rings. The second-order valence-electron chi connectivity index (χ2n) is 6.32. The van der Waals surface area contributed by atoms with E-state index in [1.54, 1.807) is 11.3 Å². The number of nitrogens with zero attached hydrogens (tertiary/aromatic N) is 1. The van der Waals surface area contributed by atoms with E-state index in [1.807, 2.05) is 0 Å². The molecule has 1 aromatic rings. The number of hydrogen-bond donors (Lipinski definition) is 1. The lowest BCUT2D eigenvalue weighted by molar-refractivity contribution is -0.133. The van der Waals surface area contributed by atoms with Gasteiger partial charge in [-0.2, -0.15) is 0 Å². The summed E-state index contributed by atoms with van der Waals surface area (Å²) >= 11 is 1.76. The zero-order valence-corrected chi connectivity index (χ0v) is 13.7. The monoisotopic (exact) mass is 306 g/mol. The maximum absolute atomic E-state index is 12.9. The van der Waals surface area contributed by atoms with Gasteiger partial charge in [0.25, 0.3) is 0 Å². The van der Waals surface area contributed by atoms with Crippen molar-refractivity contribution in [2.45, 2.75) is 76.5 Å². The number of carbonyl (C=O) groups excluding carboxylic acids is 1. The summed E-state index contributed by atoms with van der Waals surface area (Å²) in [7, 11) is 0. The first kappa shape index (κ1) is 15.0. The molecule has 2 aliphatic rings. The van der Waals surface area contributed by atoms with Crippen molar-refractivity contribution in [1.82, 2.24) is 10.2 Å². The van der Waals surface area contributed by atoms with Gasteiger partial charge in [0, 0.05) is 10.9 Å². The van der Waals surface area contributed by atoms with Crippen LogP contribution in [0.1, 0.15) is 69.3 Å². The highest BCUT2D eigenvalue weighted by molar-refractivity contribution is 7.10. The minimum atomic E-state index is 0.0268. The number of thiophene rings is 1. The zero-order chi connectivity index (χ0) is 14.7. The smallest absolute Gasteiger partial charge is 0.241 e. The Hall–Kier alpha value is -0.870. The minimum Gasteiger partial charge on any atom is -0.318 e. The van der Waals surface area contributed by atoms with Crippen molar-refractivity contribution in [2.24, 2.45) is 0 Å². The molecular weight excluding hydrogens is 280 g/mol. The summed E-state index contributed by atoms with van der Waals surface area (Å²) in [5, 5.41) is 5.72. The van der Waals surface area contributed by atoms with Gasteiger partial charge in [0.2, 0.25) is 5.91 Å². The van der Waals surface area contributed by atoms with Gasteiger partial charge in [0.15, 0.2) is 0 Å². The maximum Gasteiger partial charge on any atom is 0.241 e. The number of nitrogens with one attached hydrogen (secondary N) is 1. The number of unbranched alkanes of at least 4 members (excludes halogenated alkanes) is 1. The molecule has 0 bridgehead atoms. The normalized spacial score (nSPS) is 27.5. The summed E-state index contributed by atoms with van der Waals surface area (Å²) in [6.07, 6.45) is 9.58. The van der Waals surface area contributed by atoms with Crippen LogP contribution < -0.4 is 5.32 Å². The van der Waals surface area contributed by atoms with Gasteiger partial charge in [0.1, 0.15) is 6.17 Å². The highest BCUT2D eigenvalue weighted by atomic mass is 32.1. The van der Waals surface area contributed by atoms with Gasteiger partial charge in [-0.15, -0.1) is 11.3 Å². The third-order valence-corrected chi connectivity index (χ3v) is 5.74. The molecule has 1 N–H and O–H groups in total. The summed E-state index contributed by atoms with van der Waals surface area (Å²) in [6, 6.07) is 4.72. The zero-order valence-electron chi connectivity index (χ0n) is 12.9. The molecule has 1 saturated carbocycles. The van der Waals surface area contributed by atoms with Crippen molar-refractivity contribution in [3.8, 4) is 0 Å². The van der Waals surface area contributed by atoms with Crippen molar-refractivity contribution in [3.63, 3.8) is 0 Å². The van der Waals surface area contributed by atoms with Gasteiger partial charge in [-0.05, 0) is 30.7 Å². The largest absolute Gasteiger partial charge is 0.318 e. The van der Waals surface area contributed by atoms with Crippen molar-refractivity contribution in [3.05, 3.63) is 22.4 Å². The van der Waals surface area contributed by atoms with Gasteiger partial charge in [0.05, 0.1) is 6.04 Å². The molecule has 1 aliphatic carbocycles. The number of carbonyl (C=O) groups is 1. The molecule has 116 valence electrons. The van der Waals surface area contributed by atoms with E-state index in [1.165, 1.54) is 37.0 Å². The second kappa shape index (κ2) is 6.93. The van der Waals surface area contributed by atoms with Crippen LogP contribution in [-0.2, 0) is 4.79 Å². The first-order valence-corrected chi connectivity index (χ1v) is 9.31. The number of hydrogen-bond acceptors (Lipinski definition) is 3. The molecule has 4 heteroatoms. The van der Waals surface area contributed by atoms with Crippen molar-refractivity contribution in [1.29, 1.82) is 0 Å². The Kier molecular flexibility index (Phi) is 4.96. The summed E-state index contributed by atoms with van der Waals surface area (Å²) < 4.78 is 0. The average Bonchev–Trinajstić information content (AvgIpc) is 3.14. The summed E-state index contributed by atoms with van der Waals surface area (Å²) in [5.74, 6) is 0.341. The predicted octanol–water partition coefficient (Wildman–Crippen LogP) is 4.07. The van der Waals surface area contributed by atoms with Gasteiger partial charge < -0.3 is 4.90 Å². The number of rotatable bonds is 5. The van der Waals surface area contributed by atoms with Crippen LogP contribution in [0.15, 0.2) is 17.5 Å². The fourth-order valence-corrected chi connectivity index (χ4v) is 4.46. The lowest BCUT2D eigenvalue weighted by Crippen LogP contribution is -2.41. The highest BCUT2D eigenvalue weighted by Gasteiger charge is 2.43. The van der Waals surface area contributed by atoms with Crippen LogP contribution in [0.4, 0.5) is 0 Å². The Morgan fingerprint density at radius 1 is 1.33 bits per heavy atom. The molecule has 1 aliphatic heterocycles. The molecule has 2 unspecified atom stereocenters. The first-order valence-electron chi connectivity index (χ1n) is 8.43. The van der Waals surface area contributed by atoms with E-state index < -0.39 is 0 Å². The average molecular weight is 306 g/mol. The molecule has 1 aromatic heterocycles. The van der Waals surface area contributed by atoms with E-state index in [2.05, 4.69) is 34.7 Å². The molecule has 0 spiro atoms. The SMILES string of the molecule is CCCCC1NC(c2cccs2)N(C2CCCCC2)C1=O. The van der Waals surface area contributed by atoms with Crippen LogP contribution in [0.3, 0.4) is 0 Å². The molecule has 21 heavy (non-hydrogen) atoms. The van der Waals surface area contributed by atoms with E-state index in [0.717, 1.165) is 19.3 Å². The van der Waals surface area contributed by atoms with Crippen LogP contribution >= 0.6 is 11.3 Å². The van der Waals surface area contributed by atoms with Crippen LogP contribution in [0, 0.1) is 0 Å². The van der Waals surface area contributed by atoms with E-state index in [-0.39, 0.29) is 12.2 Å². The van der Waals surface area contributed by atoms with Crippen molar-refractivity contribution >= 4 is 17.2 Å². The minimum absolute atomic E-state index is 0.0268. The Labute approximate surface area is 131 Å². The molecule has 0 radical (unpaired) electrons.